The van der Waals surface area contributed by atoms with Crippen LogP contribution in [0.25, 0.3) is 0 Å². The molecule has 3 heteroatoms. The number of hydrogen-bond acceptors (Lipinski definition) is 2. The van der Waals surface area contributed by atoms with Crippen molar-refractivity contribution in [3.8, 4) is 0 Å². The molecule has 0 aromatic heterocycles. The SMILES string of the molecule is CN(CCc1ccc(F)cc1)CC1(CO)CCC1. The van der Waals surface area contributed by atoms with Crippen molar-refractivity contribution in [1.29, 1.82) is 0 Å². The van der Waals surface area contributed by atoms with Crippen LogP contribution in [0.4, 0.5) is 4.39 Å². The molecular formula is C15H22FNO. The number of halogens is 1. The van der Waals surface area contributed by atoms with Gasteiger partial charge in [-0.2, -0.15) is 0 Å². The second kappa shape index (κ2) is 5.81. The van der Waals surface area contributed by atoms with E-state index in [1.165, 1.54) is 18.6 Å². The summed E-state index contributed by atoms with van der Waals surface area (Å²) in [5, 5.41) is 9.43. The van der Waals surface area contributed by atoms with E-state index in [1.807, 2.05) is 12.1 Å². The topological polar surface area (TPSA) is 23.5 Å². The lowest BCUT2D eigenvalue weighted by Crippen LogP contribution is -2.44. The summed E-state index contributed by atoms with van der Waals surface area (Å²) < 4.78 is 12.8. The normalized spacial score (nSPS) is 17.8. The zero-order valence-electron chi connectivity index (χ0n) is 11.0. The molecule has 0 saturated heterocycles. The van der Waals surface area contributed by atoms with E-state index in [2.05, 4.69) is 11.9 Å². The standard InChI is InChI=1S/C15H22FNO/c1-17(11-15(12-18)8-2-9-15)10-7-13-3-5-14(16)6-4-13/h3-6,18H,2,7-12H2,1H3. The van der Waals surface area contributed by atoms with E-state index < -0.39 is 0 Å². The summed E-state index contributed by atoms with van der Waals surface area (Å²) in [6, 6.07) is 6.70. The molecule has 2 rings (SSSR count). The van der Waals surface area contributed by atoms with Gasteiger partial charge >= 0.3 is 0 Å². The lowest BCUT2D eigenvalue weighted by molar-refractivity contribution is 0.0149. The Morgan fingerprint density at radius 2 is 1.94 bits per heavy atom. The molecule has 0 spiro atoms. The quantitative estimate of drug-likeness (QED) is 0.839. The minimum Gasteiger partial charge on any atom is -0.396 e. The van der Waals surface area contributed by atoms with Crippen molar-refractivity contribution in [2.24, 2.45) is 5.41 Å². The van der Waals surface area contributed by atoms with Crippen molar-refractivity contribution in [3.63, 3.8) is 0 Å². The maximum Gasteiger partial charge on any atom is 0.123 e. The van der Waals surface area contributed by atoms with E-state index in [-0.39, 0.29) is 11.2 Å². The largest absolute Gasteiger partial charge is 0.396 e. The number of benzene rings is 1. The van der Waals surface area contributed by atoms with Crippen molar-refractivity contribution in [1.82, 2.24) is 4.90 Å². The van der Waals surface area contributed by atoms with Crippen LogP contribution in [0.1, 0.15) is 24.8 Å². The summed E-state index contributed by atoms with van der Waals surface area (Å²) >= 11 is 0. The van der Waals surface area contributed by atoms with Crippen molar-refractivity contribution >= 4 is 0 Å². The Labute approximate surface area is 108 Å². The maximum absolute atomic E-state index is 12.8. The molecule has 0 amide bonds. The Morgan fingerprint density at radius 1 is 1.28 bits per heavy atom. The Bertz CT molecular complexity index is 367. The van der Waals surface area contributed by atoms with Gasteiger partial charge in [0.1, 0.15) is 5.82 Å². The summed E-state index contributed by atoms with van der Waals surface area (Å²) in [5.74, 6) is -0.180. The minimum atomic E-state index is -0.180. The van der Waals surface area contributed by atoms with Gasteiger partial charge in [0.15, 0.2) is 0 Å². The Morgan fingerprint density at radius 3 is 2.44 bits per heavy atom. The summed E-state index contributed by atoms with van der Waals surface area (Å²) in [4.78, 5) is 2.28. The third-order valence-corrected chi connectivity index (χ3v) is 4.05. The van der Waals surface area contributed by atoms with Crippen molar-refractivity contribution < 1.29 is 9.50 Å². The molecule has 1 saturated carbocycles. The van der Waals surface area contributed by atoms with Gasteiger partial charge in [-0.1, -0.05) is 18.6 Å². The molecule has 0 aliphatic heterocycles. The van der Waals surface area contributed by atoms with Gasteiger partial charge in [-0.3, -0.25) is 0 Å². The van der Waals surface area contributed by atoms with Crippen LogP contribution >= 0.6 is 0 Å². The van der Waals surface area contributed by atoms with E-state index in [0.717, 1.165) is 37.9 Å². The first-order valence-electron chi connectivity index (χ1n) is 6.67. The maximum atomic E-state index is 12.8. The molecule has 0 unspecified atom stereocenters. The Hall–Kier alpha value is -0.930. The van der Waals surface area contributed by atoms with Crippen LogP contribution in [0.15, 0.2) is 24.3 Å². The molecule has 0 atom stereocenters. The van der Waals surface area contributed by atoms with Crippen LogP contribution < -0.4 is 0 Å². The predicted molar refractivity (Wildman–Crippen MR) is 71.0 cm³/mol. The van der Waals surface area contributed by atoms with Crippen LogP contribution in [0, 0.1) is 11.2 Å². The zero-order chi connectivity index (χ0) is 13.0. The number of nitrogens with zero attached hydrogens (tertiary/aromatic N) is 1. The Kier molecular flexibility index (Phi) is 4.36. The van der Waals surface area contributed by atoms with Crippen LogP contribution in [-0.2, 0) is 6.42 Å². The first kappa shape index (κ1) is 13.5. The highest BCUT2D eigenvalue weighted by molar-refractivity contribution is 5.16. The third-order valence-electron chi connectivity index (χ3n) is 4.05. The van der Waals surface area contributed by atoms with E-state index in [1.54, 1.807) is 0 Å². The molecule has 0 heterocycles. The van der Waals surface area contributed by atoms with Crippen LogP contribution in [0.2, 0.25) is 0 Å². The smallest absolute Gasteiger partial charge is 0.123 e. The molecule has 1 aromatic carbocycles. The van der Waals surface area contributed by atoms with Gasteiger partial charge in [0.25, 0.3) is 0 Å². The molecule has 1 aliphatic carbocycles. The molecule has 2 nitrogen and oxygen atoms in total. The average molecular weight is 251 g/mol. The van der Waals surface area contributed by atoms with E-state index in [0.29, 0.717) is 6.61 Å². The molecule has 100 valence electrons. The Balaban J connectivity index is 1.77. The molecular weight excluding hydrogens is 229 g/mol. The van der Waals surface area contributed by atoms with Crippen molar-refractivity contribution in [3.05, 3.63) is 35.6 Å². The first-order valence-corrected chi connectivity index (χ1v) is 6.67. The van der Waals surface area contributed by atoms with Gasteiger partial charge in [-0.25, -0.2) is 4.39 Å². The van der Waals surface area contributed by atoms with Crippen LogP contribution in [-0.4, -0.2) is 36.8 Å². The number of likely N-dealkylation sites (N-methyl/N-ethyl adjacent to an activating group) is 1. The molecule has 0 bridgehead atoms. The fourth-order valence-electron chi connectivity index (χ4n) is 2.67. The highest BCUT2D eigenvalue weighted by Gasteiger charge is 2.36. The molecule has 18 heavy (non-hydrogen) atoms. The lowest BCUT2D eigenvalue weighted by atomic mass is 9.69. The predicted octanol–water partition coefficient (Wildman–Crippen LogP) is 2.46. The van der Waals surface area contributed by atoms with Gasteiger partial charge in [-0.15, -0.1) is 0 Å². The monoisotopic (exact) mass is 251 g/mol. The van der Waals surface area contributed by atoms with Crippen LogP contribution in [0.5, 0.6) is 0 Å². The van der Waals surface area contributed by atoms with Crippen molar-refractivity contribution in [2.45, 2.75) is 25.7 Å². The van der Waals surface area contributed by atoms with Gasteiger partial charge in [0.05, 0.1) is 0 Å². The second-order valence-electron chi connectivity index (χ2n) is 5.63. The fourth-order valence-corrected chi connectivity index (χ4v) is 2.67. The highest BCUT2D eigenvalue weighted by atomic mass is 19.1. The third kappa shape index (κ3) is 3.30. The number of rotatable bonds is 6. The number of aliphatic hydroxyl groups excluding tert-OH is 1. The van der Waals surface area contributed by atoms with Crippen LogP contribution in [0.3, 0.4) is 0 Å². The van der Waals surface area contributed by atoms with Gasteiger partial charge in [-0.05, 0) is 44.0 Å². The molecule has 1 N–H and O–H groups in total. The summed E-state index contributed by atoms with van der Waals surface area (Å²) in [6.07, 6.45) is 4.46. The lowest BCUT2D eigenvalue weighted by Gasteiger charge is -2.43. The van der Waals surface area contributed by atoms with Gasteiger partial charge in [0.2, 0.25) is 0 Å². The van der Waals surface area contributed by atoms with E-state index in [4.69, 9.17) is 0 Å². The van der Waals surface area contributed by atoms with E-state index >= 15 is 0 Å². The number of aliphatic hydroxyl groups is 1. The summed E-state index contributed by atoms with van der Waals surface area (Å²) in [7, 11) is 2.10. The molecule has 1 fully saturated rings. The zero-order valence-corrected chi connectivity index (χ0v) is 11.0. The first-order chi connectivity index (χ1) is 8.63. The van der Waals surface area contributed by atoms with Gasteiger partial charge < -0.3 is 10.0 Å². The molecule has 0 radical (unpaired) electrons. The highest BCUT2D eigenvalue weighted by Crippen LogP contribution is 2.40. The minimum absolute atomic E-state index is 0.150. The summed E-state index contributed by atoms with van der Waals surface area (Å²) in [6.45, 7) is 2.21. The second-order valence-corrected chi connectivity index (χ2v) is 5.63. The van der Waals surface area contributed by atoms with E-state index in [9.17, 15) is 9.50 Å². The molecule has 1 aliphatic rings. The number of hydrogen-bond donors (Lipinski definition) is 1. The summed E-state index contributed by atoms with van der Waals surface area (Å²) in [5.41, 5.74) is 1.31. The van der Waals surface area contributed by atoms with Crippen molar-refractivity contribution in [2.75, 3.05) is 26.7 Å². The average Bonchev–Trinajstić information content (AvgIpc) is 2.33. The van der Waals surface area contributed by atoms with Gasteiger partial charge in [0, 0.05) is 25.1 Å². The fraction of sp³-hybridized carbons (Fsp3) is 0.600. The molecule has 1 aromatic rings.